The molecule has 0 radical (unpaired) electrons. The molecular formula is C15H15N3. The Bertz CT molecular complexity index is 563. The number of anilines is 2. The molecule has 0 saturated heterocycles. The first-order valence-corrected chi connectivity index (χ1v) is 6.02. The van der Waals surface area contributed by atoms with Crippen molar-refractivity contribution in [2.75, 3.05) is 17.0 Å². The number of benzene rings is 2. The maximum Gasteiger partial charge on any atom is 0.116 e. The van der Waals surface area contributed by atoms with Crippen LogP contribution in [0.25, 0.3) is 0 Å². The van der Waals surface area contributed by atoms with E-state index >= 15 is 0 Å². The summed E-state index contributed by atoms with van der Waals surface area (Å²) in [4.78, 5) is 2.05. The van der Waals surface area contributed by atoms with E-state index in [1.54, 1.807) is 0 Å². The summed E-state index contributed by atoms with van der Waals surface area (Å²) in [6.07, 6.45) is 1.86. The third-order valence-corrected chi connectivity index (χ3v) is 3.11. The summed E-state index contributed by atoms with van der Waals surface area (Å²) >= 11 is 0. The molecule has 0 aliphatic carbocycles. The molecule has 0 unspecified atom stereocenters. The van der Waals surface area contributed by atoms with Crippen LogP contribution in [0.4, 0.5) is 11.4 Å². The third kappa shape index (κ3) is 1.95. The van der Waals surface area contributed by atoms with E-state index in [0.717, 1.165) is 12.2 Å². The summed E-state index contributed by atoms with van der Waals surface area (Å²) < 4.78 is 0. The molecule has 0 amide bonds. The Morgan fingerprint density at radius 2 is 1.67 bits per heavy atom. The van der Waals surface area contributed by atoms with Crippen molar-refractivity contribution in [3.8, 4) is 0 Å². The molecule has 0 aromatic heterocycles. The monoisotopic (exact) mass is 237 g/mol. The fourth-order valence-corrected chi connectivity index (χ4v) is 2.15. The van der Waals surface area contributed by atoms with Gasteiger partial charge in [-0.15, -0.1) is 0 Å². The van der Waals surface area contributed by atoms with E-state index in [9.17, 15) is 0 Å². The third-order valence-electron chi connectivity index (χ3n) is 3.11. The Morgan fingerprint density at radius 3 is 2.50 bits per heavy atom. The molecule has 1 aliphatic rings. The number of hydrogen-bond donors (Lipinski definition) is 0. The highest BCUT2D eigenvalue weighted by Crippen LogP contribution is 2.25. The topological polar surface area (TPSA) is 18.8 Å². The van der Waals surface area contributed by atoms with Gasteiger partial charge in [-0.25, -0.2) is 0 Å². The summed E-state index contributed by atoms with van der Waals surface area (Å²) in [7, 11) is 2.02. The molecule has 90 valence electrons. The Hall–Kier alpha value is -2.29. The van der Waals surface area contributed by atoms with Crippen LogP contribution in [0.1, 0.15) is 5.56 Å². The van der Waals surface area contributed by atoms with Gasteiger partial charge in [-0.2, -0.15) is 5.10 Å². The number of hydrazone groups is 1. The largest absolute Gasteiger partial charge is 0.334 e. The first kappa shape index (κ1) is 10.8. The molecular weight excluding hydrogens is 222 g/mol. The molecule has 3 rings (SSSR count). The second-order valence-electron chi connectivity index (χ2n) is 4.36. The average Bonchev–Trinajstić information content (AvgIpc) is 2.60. The molecule has 0 bridgehead atoms. The van der Waals surface area contributed by atoms with Gasteiger partial charge in [0.2, 0.25) is 0 Å². The van der Waals surface area contributed by atoms with E-state index in [1.165, 1.54) is 11.3 Å². The Balaban J connectivity index is 2.00. The van der Waals surface area contributed by atoms with Crippen molar-refractivity contribution >= 4 is 17.7 Å². The lowest BCUT2D eigenvalue weighted by atomic mass is 10.1. The molecule has 0 N–H and O–H groups in total. The standard InChI is InChI=1S/C15H15N3/c1-17-12-16-18(14-8-3-2-4-9-14)11-13-7-5-6-10-15(13)17/h2-10,12H,11H2,1H3. The van der Waals surface area contributed by atoms with Gasteiger partial charge in [-0.05, 0) is 23.8 Å². The lowest BCUT2D eigenvalue weighted by Crippen LogP contribution is -2.15. The second kappa shape index (κ2) is 4.53. The van der Waals surface area contributed by atoms with Gasteiger partial charge in [0, 0.05) is 12.7 Å². The molecule has 2 aromatic carbocycles. The smallest absolute Gasteiger partial charge is 0.116 e. The lowest BCUT2D eigenvalue weighted by molar-refractivity contribution is 0.866. The van der Waals surface area contributed by atoms with E-state index in [2.05, 4.69) is 46.4 Å². The SMILES string of the molecule is CN1C=NN(c2ccccc2)Cc2ccccc21. The van der Waals surface area contributed by atoms with Gasteiger partial charge >= 0.3 is 0 Å². The van der Waals surface area contributed by atoms with Gasteiger partial charge in [0.25, 0.3) is 0 Å². The normalized spacial score (nSPS) is 14.3. The van der Waals surface area contributed by atoms with Crippen molar-refractivity contribution in [2.24, 2.45) is 5.10 Å². The van der Waals surface area contributed by atoms with Crippen LogP contribution in [0.15, 0.2) is 59.7 Å². The molecule has 1 heterocycles. The highest BCUT2D eigenvalue weighted by molar-refractivity contribution is 5.82. The predicted octanol–water partition coefficient (Wildman–Crippen LogP) is 3.09. The van der Waals surface area contributed by atoms with Gasteiger partial charge < -0.3 is 4.90 Å². The molecule has 0 fully saturated rings. The van der Waals surface area contributed by atoms with Crippen molar-refractivity contribution in [3.63, 3.8) is 0 Å². The number of para-hydroxylation sites is 2. The van der Waals surface area contributed by atoms with Gasteiger partial charge in [-0.1, -0.05) is 36.4 Å². The molecule has 0 saturated carbocycles. The summed E-state index contributed by atoms with van der Waals surface area (Å²) in [5, 5.41) is 6.54. The van der Waals surface area contributed by atoms with Gasteiger partial charge in [0.15, 0.2) is 0 Å². The minimum absolute atomic E-state index is 0.793. The highest BCUT2D eigenvalue weighted by Gasteiger charge is 2.14. The zero-order valence-electron chi connectivity index (χ0n) is 10.3. The number of hydrogen-bond acceptors (Lipinski definition) is 3. The fourth-order valence-electron chi connectivity index (χ4n) is 2.15. The number of nitrogens with zero attached hydrogens (tertiary/aromatic N) is 3. The van der Waals surface area contributed by atoms with E-state index in [1.807, 2.05) is 36.6 Å². The summed E-state index contributed by atoms with van der Waals surface area (Å²) in [5.74, 6) is 0. The highest BCUT2D eigenvalue weighted by atomic mass is 15.5. The molecule has 0 atom stereocenters. The number of fused-ring (bicyclic) bond motifs is 1. The maximum absolute atomic E-state index is 4.52. The molecule has 3 heteroatoms. The van der Waals surface area contributed by atoms with Crippen molar-refractivity contribution in [2.45, 2.75) is 6.54 Å². The second-order valence-corrected chi connectivity index (χ2v) is 4.36. The molecule has 3 nitrogen and oxygen atoms in total. The van der Waals surface area contributed by atoms with Crippen LogP contribution < -0.4 is 9.91 Å². The minimum Gasteiger partial charge on any atom is -0.334 e. The zero-order valence-corrected chi connectivity index (χ0v) is 10.3. The van der Waals surface area contributed by atoms with Crippen LogP contribution in [0, 0.1) is 0 Å². The van der Waals surface area contributed by atoms with Crippen molar-refractivity contribution in [3.05, 3.63) is 60.2 Å². The summed E-state index contributed by atoms with van der Waals surface area (Å²) in [6, 6.07) is 18.6. The molecule has 18 heavy (non-hydrogen) atoms. The maximum atomic E-state index is 4.52. The minimum atomic E-state index is 0.793. The molecule has 0 spiro atoms. The molecule has 2 aromatic rings. The first-order chi connectivity index (χ1) is 8.84. The fraction of sp³-hybridized carbons (Fsp3) is 0.133. The van der Waals surface area contributed by atoms with Crippen LogP contribution in [0.5, 0.6) is 0 Å². The summed E-state index contributed by atoms with van der Waals surface area (Å²) in [5.41, 5.74) is 3.60. The van der Waals surface area contributed by atoms with Crippen molar-refractivity contribution in [1.82, 2.24) is 0 Å². The van der Waals surface area contributed by atoms with E-state index < -0.39 is 0 Å². The predicted molar refractivity (Wildman–Crippen MR) is 76.0 cm³/mol. The summed E-state index contributed by atoms with van der Waals surface area (Å²) in [6.45, 7) is 0.793. The van der Waals surface area contributed by atoms with E-state index in [-0.39, 0.29) is 0 Å². The Labute approximate surface area is 107 Å². The molecule has 1 aliphatic heterocycles. The Morgan fingerprint density at radius 1 is 0.944 bits per heavy atom. The Kier molecular flexibility index (Phi) is 2.73. The van der Waals surface area contributed by atoms with Crippen LogP contribution in [-0.2, 0) is 6.54 Å². The first-order valence-electron chi connectivity index (χ1n) is 6.02. The number of rotatable bonds is 1. The van der Waals surface area contributed by atoms with E-state index in [4.69, 9.17) is 0 Å². The lowest BCUT2D eigenvalue weighted by Gasteiger charge is -2.17. The van der Waals surface area contributed by atoms with Crippen LogP contribution >= 0.6 is 0 Å². The quantitative estimate of drug-likeness (QED) is 0.759. The van der Waals surface area contributed by atoms with Gasteiger partial charge in [0.05, 0.1) is 12.2 Å². The van der Waals surface area contributed by atoms with Crippen LogP contribution in [0.3, 0.4) is 0 Å². The van der Waals surface area contributed by atoms with Crippen molar-refractivity contribution < 1.29 is 0 Å². The zero-order chi connectivity index (χ0) is 12.4. The van der Waals surface area contributed by atoms with Gasteiger partial charge in [0.1, 0.15) is 6.34 Å². The van der Waals surface area contributed by atoms with Crippen molar-refractivity contribution in [1.29, 1.82) is 0 Å². The van der Waals surface area contributed by atoms with Gasteiger partial charge in [-0.3, -0.25) is 5.01 Å². The average molecular weight is 237 g/mol. The van der Waals surface area contributed by atoms with Crippen LogP contribution in [-0.4, -0.2) is 13.4 Å². The van der Waals surface area contributed by atoms with E-state index in [0.29, 0.717) is 0 Å². The van der Waals surface area contributed by atoms with Crippen LogP contribution in [0.2, 0.25) is 0 Å².